The Kier molecular flexibility index (Phi) is 3.66. The van der Waals surface area contributed by atoms with E-state index in [0.717, 1.165) is 11.6 Å². The van der Waals surface area contributed by atoms with Crippen LogP contribution in [0.1, 0.15) is 17.1 Å². The lowest BCUT2D eigenvalue weighted by atomic mass is 10.1. The van der Waals surface area contributed by atoms with Gasteiger partial charge in [-0.15, -0.1) is 0 Å². The van der Waals surface area contributed by atoms with Crippen LogP contribution in [-0.2, 0) is 12.6 Å². The van der Waals surface area contributed by atoms with Gasteiger partial charge in [0.05, 0.1) is 6.26 Å². The SMILES string of the molecule is FC(F)(F)c1cc(-c2ccco2)nc(Cc2ccccc2)n1. The first-order valence-electron chi connectivity index (χ1n) is 6.55. The molecule has 22 heavy (non-hydrogen) atoms. The average Bonchev–Trinajstić information content (AvgIpc) is 3.01. The van der Waals surface area contributed by atoms with Crippen molar-refractivity contribution in [3.05, 3.63) is 71.9 Å². The van der Waals surface area contributed by atoms with Gasteiger partial charge in [-0.1, -0.05) is 30.3 Å². The summed E-state index contributed by atoms with van der Waals surface area (Å²) in [5.41, 5.74) is -0.00898. The number of nitrogens with zero attached hydrogens (tertiary/aromatic N) is 2. The monoisotopic (exact) mass is 304 g/mol. The second kappa shape index (κ2) is 5.63. The van der Waals surface area contributed by atoms with Crippen molar-refractivity contribution in [2.24, 2.45) is 0 Å². The van der Waals surface area contributed by atoms with Crippen LogP contribution in [0.5, 0.6) is 0 Å². The fourth-order valence-electron chi connectivity index (χ4n) is 2.05. The zero-order chi connectivity index (χ0) is 15.6. The summed E-state index contributed by atoms with van der Waals surface area (Å²) in [7, 11) is 0. The molecule has 0 amide bonds. The second-order valence-corrected chi connectivity index (χ2v) is 4.69. The van der Waals surface area contributed by atoms with E-state index in [1.807, 2.05) is 30.3 Å². The molecule has 0 N–H and O–H groups in total. The molecule has 0 aliphatic heterocycles. The normalized spacial score (nSPS) is 11.6. The van der Waals surface area contributed by atoms with Gasteiger partial charge in [-0.3, -0.25) is 0 Å². The first-order chi connectivity index (χ1) is 10.5. The molecular weight excluding hydrogens is 293 g/mol. The van der Waals surface area contributed by atoms with Crippen LogP contribution >= 0.6 is 0 Å². The third-order valence-electron chi connectivity index (χ3n) is 3.04. The molecule has 3 rings (SSSR count). The van der Waals surface area contributed by atoms with E-state index in [-0.39, 0.29) is 23.7 Å². The molecule has 0 aliphatic carbocycles. The predicted molar refractivity (Wildman–Crippen MR) is 74.0 cm³/mol. The van der Waals surface area contributed by atoms with E-state index >= 15 is 0 Å². The Balaban J connectivity index is 2.04. The summed E-state index contributed by atoms with van der Waals surface area (Å²) in [5.74, 6) is 0.384. The Morgan fingerprint density at radius 3 is 2.36 bits per heavy atom. The highest BCUT2D eigenvalue weighted by atomic mass is 19.4. The van der Waals surface area contributed by atoms with Crippen LogP contribution < -0.4 is 0 Å². The molecule has 0 aliphatic rings. The lowest BCUT2D eigenvalue weighted by Crippen LogP contribution is -2.12. The highest BCUT2D eigenvalue weighted by Crippen LogP contribution is 2.30. The van der Waals surface area contributed by atoms with Crippen molar-refractivity contribution >= 4 is 0 Å². The van der Waals surface area contributed by atoms with Crippen molar-refractivity contribution in [2.75, 3.05) is 0 Å². The van der Waals surface area contributed by atoms with Gasteiger partial charge in [0.15, 0.2) is 5.76 Å². The van der Waals surface area contributed by atoms with Crippen molar-refractivity contribution in [2.45, 2.75) is 12.6 Å². The van der Waals surface area contributed by atoms with Gasteiger partial charge >= 0.3 is 6.18 Å². The number of halogens is 3. The van der Waals surface area contributed by atoms with Crippen LogP contribution in [-0.4, -0.2) is 9.97 Å². The van der Waals surface area contributed by atoms with Gasteiger partial charge in [0, 0.05) is 6.42 Å². The molecule has 6 heteroatoms. The quantitative estimate of drug-likeness (QED) is 0.722. The van der Waals surface area contributed by atoms with Crippen LogP contribution in [0.25, 0.3) is 11.5 Å². The molecular formula is C16H11F3N2O. The molecule has 0 bridgehead atoms. The summed E-state index contributed by atoms with van der Waals surface area (Å²) in [6.07, 6.45) is -2.92. The van der Waals surface area contributed by atoms with Gasteiger partial charge in [0.2, 0.25) is 0 Å². The Labute approximate surface area is 124 Å². The van der Waals surface area contributed by atoms with E-state index in [4.69, 9.17) is 4.42 Å². The highest BCUT2D eigenvalue weighted by molar-refractivity contribution is 5.52. The third kappa shape index (κ3) is 3.16. The number of benzene rings is 1. The number of hydrogen-bond acceptors (Lipinski definition) is 3. The van der Waals surface area contributed by atoms with Crippen LogP contribution in [0.4, 0.5) is 13.2 Å². The van der Waals surface area contributed by atoms with Gasteiger partial charge in [0.1, 0.15) is 17.2 Å². The molecule has 0 atom stereocenters. The minimum absolute atomic E-state index is 0.104. The third-order valence-corrected chi connectivity index (χ3v) is 3.04. The van der Waals surface area contributed by atoms with E-state index in [0.29, 0.717) is 0 Å². The summed E-state index contributed by atoms with van der Waals surface area (Å²) in [5, 5.41) is 0. The minimum atomic E-state index is -4.53. The topological polar surface area (TPSA) is 38.9 Å². The predicted octanol–water partition coefficient (Wildman–Crippen LogP) is 4.35. The number of aromatic nitrogens is 2. The maximum Gasteiger partial charge on any atom is 0.433 e. The maximum absolute atomic E-state index is 13.0. The molecule has 0 fully saturated rings. The first kappa shape index (κ1) is 14.3. The van der Waals surface area contributed by atoms with Crippen molar-refractivity contribution < 1.29 is 17.6 Å². The molecule has 0 saturated heterocycles. The second-order valence-electron chi connectivity index (χ2n) is 4.69. The Hall–Kier alpha value is -2.63. The van der Waals surface area contributed by atoms with Crippen LogP contribution in [0.3, 0.4) is 0 Å². The van der Waals surface area contributed by atoms with E-state index in [1.54, 1.807) is 12.1 Å². The summed E-state index contributed by atoms with van der Waals surface area (Å²) >= 11 is 0. The number of furan rings is 1. The van der Waals surface area contributed by atoms with E-state index in [9.17, 15) is 13.2 Å². The minimum Gasteiger partial charge on any atom is -0.463 e. The van der Waals surface area contributed by atoms with Crippen molar-refractivity contribution in [3.8, 4) is 11.5 Å². The van der Waals surface area contributed by atoms with Crippen LogP contribution in [0.2, 0.25) is 0 Å². The van der Waals surface area contributed by atoms with E-state index in [1.165, 1.54) is 6.26 Å². The molecule has 2 heterocycles. The summed E-state index contributed by atoms with van der Waals surface area (Å²) in [6.45, 7) is 0. The largest absolute Gasteiger partial charge is 0.463 e. The fraction of sp³-hybridized carbons (Fsp3) is 0.125. The lowest BCUT2D eigenvalue weighted by Gasteiger charge is -2.09. The highest BCUT2D eigenvalue weighted by Gasteiger charge is 2.34. The van der Waals surface area contributed by atoms with Gasteiger partial charge in [-0.05, 0) is 23.8 Å². The summed E-state index contributed by atoms with van der Waals surface area (Å²) < 4.78 is 44.2. The van der Waals surface area contributed by atoms with Gasteiger partial charge in [-0.25, -0.2) is 9.97 Å². The maximum atomic E-state index is 13.0. The van der Waals surface area contributed by atoms with Gasteiger partial charge in [0.25, 0.3) is 0 Å². The molecule has 1 aromatic carbocycles. The van der Waals surface area contributed by atoms with E-state index in [2.05, 4.69) is 9.97 Å². The first-order valence-corrected chi connectivity index (χ1v) is 6.55. The Bertz CT molecular complexity index is 753. The summed E-state index contributed by atoms with van der Waals surface area (Å²) in [6, 6.07) is 13.2. The molecule has 112 valence electrons. The standard InChI is InChI=1S/C16H11F3N2O/c17-16(18,19)14-10-12(13-7-4-8-22-13)20-15(21-14)9-11-5-2-1-3-6-11/h1-8,10H,9H2. The Morgan fingerprint density at radius 1 is 0.955 bits per heavy atom. The van der Waals surface area contributed by atoms with Crippen molar-refractivity contribution in [3.63, 3.8) is 0 Å². The van der Waals surface area contributed by atoms with Crippen molar-refractivity contribution in [1.29, 1.82) is 0 Å². The van der Waals surface area contributed by atoms with Gasteiger partial charge in [-0.2, -0.15) is 13.2 Å². The fourth-order valence-corrected chi connectivity index (χ4v) is 2.05. The number of alkyl halides is 3. The molecule has 0 unspecified atom stereocenters. The van der Waals surface area contributed by atoms with Crippen molar-refractivity contribution in [1.82, 2.24) is 9.97 Å². The van der Waals surface area contributed by atoms with Gasteiger partial charge < -0.3 is 4.42 Å². The molecule has 3 aromatic rings. The number of rotatable bonds is 3. The molecule has 0 saturated carbocycles. The molecule has 0 radical (unpaired) electrons. The zero-order valence-electron chi connectivity index (χ0n) is 11.3. The van der Waals surface area contributed by atoms with Crippen LogP contribution in [0, 0.1) is 0 Å². The molecule has 3 nitrogen and oxygen atoms in total. The summed E-state index contributed by atoms with van der Waals surface area (Å²) in [4.78, 5) is 7.81. The average molecular weight is 304 g/mol. The zero-order valence-corrected chi connectivity index (χ0v) is 11.3. The van der Waals surface area contributed by atoms with Crippen LogP contribution in [0.15, 0.2) is 59.2 Å². The molecule has 0 spiro atoms. The molecule has 2 aromatic heterocycles. The lowest BCUT2D eigenvalue weighted by molar-refractivity contribution is -0.141. The Morgan fingerprint density at radius 2 is 1.73 bits per heavy atom. The van der Waals surface area contributed by atoms with E-state index < -0.39 is 11.9 Å². The number of hydrogen-bond donors (Lipinski definition) is 0. The smallest absolute Gasteiger partial charge is 0.433 e.